The highest BCUT2D eigenvalue weighted by molar-refractivity contribution is 5.72. The van der Waals surface area contributed by atoms with Gasteiger partial charge in [-0.05, 0) is 57.0 Å². The van der Waals surface area contributed by atoms with Gasteiger partial charge in [0.25, 0.3) is 5.56 Å². The maximum absolute atomic E-state index is 12.7. The number of aliphatic carboxylic acids is 1. The first-order valence-electron chi connectivity index (χ1n) is 7.92. The van der Waals surface area contributed by atoms with Crippen molar-refractivity contribution in [3.63, 3.8) is 0 Å². The number of nitrogens with zero attached hydrogens (tertiary/aromatic N) is 2. The van der Waals surface area contributed by atoms with Crippen molar-refractivity contribution in [1.82, 2.24) is 9.47 Å². The van der Waals surface area contributed by atoms with Crippen LogP contribution in [0.25, 0.3) is 5.57 Å². The Morgan fingerprint density at radius 2 is 2.00 bits per heavy atom. The Kier molecular flexibility index (Phi) is 6.76. The topological polar surface area (TPSA) is 62.5 Å². The van der Waals surface area contributed by atoms with Crippen LogP contribution in [0.1, 0.15) is 44.4 Å². The summed E-state index contributed by atoms with van der Waals surface area (Å²) in [5.41, 5.74) is 1.82. The van der Waals surface area contributed by atoms with Crippen LogP contribution in [0.4, 0.5) is 0 Å². The Bertz CT molecular complexity index is 630. The van der Waals surface area contributed by atoms with Gasteiger partial charge in [0.15, 0.2) is 0 Å². The van der Waals surface area contributed by atoms with Gasteiger partial charge in [-0.3, -0.25) is 4.79 Å². The van der Waals surface area contributed by atoms with Crippen molar-refractivity contribution in [2.24, 2.45) is 5.92 Å². The van der Waals surface area contributed by atoms with E-state index in [1.54, 1.807) is 13.1 Å². The van der Waals surface area contributed by atoms with Gasteiger partial charge in [0.05, 0.1) is 0 Å². The molecule has 0 amide bonds. The summed E-state index contributed by atoms with van der Waals surface area (Å²) >= 11 is 0. The van der Waals surface area contributed by atoms with Crippen LogP contribution in [0.5, 0.6) is 0 Å². The summed E-state index contributed by atoms with van der Waals surface area (Å²) in [6, 6.07) is 0.985. The lowest BCUT2D eigenvalue weighted by Gasteiger charge is -2.20. The van der Waals surface area contributed by atoms with E-state index in [1.165, 1.54) is 4.57 Å². The molecule has 0 aromatic carbocycles. The lowest BCUT2D eigenvalue weighted by atomic mass is 10.0. The van der Waals surface area contributed by atoms with Crippen LogP contribution in [0, 0.1) is 5.92 Å². The molecule has 1 N–H and O–H groups in total. The van der Waals surface area contributed by atoms with E-state index in [-0.39, 0.29) is 11.5 Å². The minimum Gasteiger partial charge on any atom is -0.480 e. The van der Waals surface area contributed by atoms with Crippen molar-refractivity contribution < 1.29 is 9.90 Å². The Labute approximate surface area is 138 Å². The molecule has 0 spiro atoms. The Morgan fingerprint density at radius 3 is 2.43 bits per heavy atom. The summed E-state index contributed by atoms with van der Waals surface area (Å²) in [5, 5.41) is 9.55. The highest BCUT2D eigenvalue weighted by Gasteiger charge is 2.23. The molecule has 128 valence electrons. The number of carboxylic acids is 1. The molecular weight excluding hydrogens is 292 g/mol. The fourth-order valence-corrected chi connectivity index (χ4v) is 2.47. The van der Waals surface area contributed by atoms with Crippen LogP contribution in [0.2, 0.25) is 0 Å². The molecule has 1 heterocycles. The first-order chi connectivity index (χ1) is 10.6. The minimum absolute atomic E-state index is 0.182. The highest BCUT2D eigenvalue weighted by atomic mass is 16.4. The second-order valence-electron chi connectivity index (χ2n) is 6.79. The lowest BCUT2D eigenvalue weighted by Crippen LogP contribution is -2.32. The van der Waals surface area contributed by atoms with E-state index in [4.69, 9.17) is 0 Å². The molecule has 0 saturated heterocycles. The maximum atomic E-state index is 12.7. The Balaban J connectivity index is 3.40. The number of carboxylic acid groups (broad SMARTS) is 1. The monoisotopic (exact) mass is 320 g/mol. The number of allylic oxidation sites excluding steroid dienone is 1. The SMILES string of the molecule is C=C(C)c1cc(CCN(C)C)cn(C(CC(C)C)C(=O)O)c1=O. The zero-order valence-corrected chi connectivity index (χ0v) is 14.8. The highest BCUT2D eigenvalue weighted by Crippen LogP contribution is 2.19. The summed E-state index contributed by atoms with van der Waals surface area (Å²) in [6.45, 7) is 10.4. The van der Waals surface area contributed by atoms with E-state index in [0.717, 1.165) is 18.5 Å². The van der Waals surface area contributed by atoms with E-state index in [1.807, 2.05) is 34.0 Å². The van der Waals surface area contributed by atoms with Gasteiger partial charge in [-0.15, -0.1) is 0 Å². The number of hydrogen-bond donors (Lipinski definition) is 1. The van der Waals surface area contributed by atoms with Gasteiger partial charge in [-0.25, -0.2) is 4.79 Å². The molecule has 0 radical (unpaired) electrons. The molecule has 0 aliphatic heterocycles. The minimum atomic E-state index is -0.974. The molecular formula is C18H28N2O3. The normalized spacial score (nSPS) is 12.7. The molecule has 0 saturated carbocycles. The molecule has 1 aromatic rings. The summed E-state index contributed by atoms with van der Waals surface area (Å²) < 4.78 is 1.37. The average Bonchev–Trinajstić information content (AvgIpc) is 2.43. The van der Waals surface area contributed by atoms with Crippen molar-refractivity contribution in [3.05, 3.63) is 40.3 Å². The summed E-state index contributed by atoms with van der Waals surface area (Å²) in [6.07, 6.45) is 2.86. The summed E-state index contributed by atoms with van der Waals surface area (Å²) in [7, 11) is 3.96. The molecule has 1 unspecified atom stereocenters. The average molecular weight is 320 g/mol. The molecule has 1 aromatic heterocycles. The predicted octanol–water partition coefficient (Wildman–Crippen LogP) is 2.66. The largest absolute Gasteiger partial charge is 0.480 e. The first-order valence-corrected chi connectivity index (χ1v) is 7.92. The van der Waals surface area contributed by atoms with Gasteiger partial charge < -0.3 is 14.6 Å². The fourth-order valence-electron chi connectivity index (χ4n) is 2.47. The Hall–Kier alpha value is -1.88. The maximum Gasteiger partial charge on any atom is 0.326 e. The smallest absolute Gasteiger partial charge is 0.326 e. The number of rotatable bonds is 8. The van der Waals surface area contributed by atoms with Gasteiger partial charge in [-0.2, -0.15) is 0 Å². The van der Waals surface area contributed by atoms with Crippen LogP contribution in [-0.2, 0) is 11.2 Å². The summed E-state index contributed by atoms with van der Waals surface area (Å²) in [5.74, 6) is -0.792. The second kappa shape index (κ2) is 8.11. The fraction of sp³-hybridized carbons (Fsp3) is 0.556. The number of aromatic nitrogens is 1. The molecule has 23 heavy (non-hydrogen) atoms. The van der Waals surface area contributed by atoms with Gasteiger partial charge in [0.1, 0.15) is 6.04 Å². The molecule has 5 heteroatoms. The van der Waals surface area contributed by atoms with E-state index in [0.29, 0.717) is 17.6 Å². The second-order valence-corrected chi connectivity index (χ2v) is 6.79. The number of pyridine rings is 1. The van der Waals surface area contributed by atoms with Gasteiger partial charge in [0, 0.05) is 18.3 Å². The van der Waals surface area contributed by atoms with Crippen molar-refractivity contribution in [1.29, 1.82) is 0 Å². The van der Waals surface area contributed by atoms with E-state index in [2.05, 4.69) is 11.5 Å². The van der Waals surface area contributed by atoms with Crippen LogP contribution >= 0.6 is 0 Å². The Morgan fingerprint density at radius 1 is 1.39 bits per heavy atom. The standard InChI is InChI=1S/C18H28N2O3/c1-12(2)9-16(18(22)23)20-11-14(7-8-19(5)6)10-15(13(3)4)17(20)21/h10-12,16H,3,7-9H2,1-2,4-6H3,(H,22,23). The van der Waals surface area contributed by atoms with Crippen LogP contribution < -0.4 is 5.56 Å². The molecule has 0 aliphatic rings. The van der Waals surface area contributed by atoms with Crippen molar-refractivity contribution >= 4 is 11.5 Å². The predicted molar refractivity (Wildman–Crippen MR) is 93.8 cm³/mol. The number of carbonyl (C=O) groups is 1. The van der Waals surface area contributed by atoms with Crippen LogP contribution in [0.3, 0.4) is 0 Å². The van der Waals surface area contributed by atoms with E-state index in [9.17, 15) is 14.7 Å². The van der Waals surface area contributed by atoms with Crippen molar-refractivity contribution in [2.45, 2.75) is 39.7 Å². The zero-order valence-electron chi connectivity index (χ0n) is 14.8. The third-order valence-corrected chi connectivity index (χ3v) is 3.72. The number of hydrogen-bond acceptors (Lipinski definition) is 3. The molecule has 0 fully saturated rings. The molecule has 0 bridgehead atoms. The molecule has 1 atom stereocenters. The molecule has 0 aliphatic carbocycles. The zero-order chi connectivity index (χ0) is 17.7. The van der Waals surface area contributed by atoms with Gasteiger partial charge in [-0.1, -0.05) is 20.4 Å². The van der Waals surface area contributed by atoms with E-state index < -0.39 is 12.0 Å². The van der Waals surface area contributed by atoms with Crippen LogP contribution in [-0.4, -0.2) is 41.2 Å². The first kappa shape index (κ1) is 19.2. The van der Waals surface area contributed by atoms with Crippen molar-refractivity contribution in [2.75, 3.05) is 20.6 Å². The number of likely N-dealkylation sites (N-methyl/N-ethyl adjacent to an activating group) is 1. The van der Waals surface area contributed by atoms with Crippen LogP contribution in [0.15, 0.2) is 23.6 Å². The third-order valence-electron chi connectivity index (χ3n) is 3.72. The third kappa shape index (κ3) is 5.36. The van der Waals surface area contributed by atoms with E-state index >= 15 is 0 Å². The molecule has 5 nitrogen and oxygen atoms in total. The lowest BCUT2D eigenvalue weighted by molar-refractivity contribution is -0.141. The quantitative estimate of drug-likeness (QED) is 0.800. The van der Waals surface area contributed by atoms with Gasteiger partial charge >= 0.3 is 5.97 Å². The molecule has 1 rings (SSSR count). The summed E-state index contributed by atoms with van der Waals surface area (Å²) in [4.78, 5) is 26.4. The van der Waals surface area contributed by atoms with Crippen molar-refractivity contribution in [3.8, 4) is 0 Å². The van der Waals surface area contributed by atoms with Gasteiger partial charge in [0.2, 0.25) is 0 Å².